The molecule has 0 aliphatic carbocycles. The van der Waals surface area contributed by atoms with Gasteiger partial charge in [0.25, 0.3) is 0 Å². The van der Waals surface area contributed by atoms with Crippen LogP contribution in [0.5, 0.6) is 0 Å². The molecule has 0 amide bonds. The molecule has 0 rings (SSSR count). The summed E-state index contributed by atoms with van der Waals surface area (Å²) in [5.41, 5.74) is 0. The van der Waals surface area contributed by atoms with Crippen LogP contribution in [0.1, 0.15) is 26.7 Å². The van der Waals surface area contributed by atoms with Crippen LogP contribution in [0.15, 0.2) is 9.66 Å². The molecule has 0 fully saturated rings. The van der Waals surface area contributed by atoms with E-state index in [1.165, 1.54) is 16.4 Å². The standard InChI is InChI=1S/C6H11I/c1-3-4-5-6(2)7/h5H,3-4H2,1-2H3/b6-5-. The van der Waals surface area contributed by atoms with E-state index in [0.717, 1.165) is 0 Å². The van der Waals surface area contributed by atoms with E-state index in [2.05, 4.69) is 42.5 Å². The Labute approximate surface area is 59.1 Å². The number of hydrogen-bond donors (Lipinski definition) is 0. The topological polar surface area (TPSA) is 0 Å². The van der Waals surface area contributed by atoms with Crippen LogP contribution in [-0.2, 0) is 0 Å². The Morgan fingerprint density at radius 2 is 2.29 bits per heavy atom. The van der Waals surface area contributed by atoms with Crippen LogP contribution in [-0.4, -0.2) is 0 Å². The normalized spacial score (nSPS) is 12.1. The average molecular weight is 210 g/mol. The van der Waals surface area contributed by atoms with E-state index in [0.29, 0.717) is 0 Å². The number of rotatable bonds is 2. The first-order valence-electron chi connectivity index (χ1n) is 2.59. The molecule has 7 heavy (non-hydrogen) atoms. The quantitative estimate of drug-likeness (QED) is 0.614. The molecule has 0 spiro atoms. The summed E-state index contributed by atoms with van der Waals surface area (Å²) in [5.74, 6) is 0. The van der Waals surface area contributed by atoms with Crippen LogP contribution >= 0.6 is 22.6 Å². The molecule has 0 bridgehead atoms. The van der Waals surface area contributed by atoms with E-state index >= 15 is 0 Å². The third-order valence-corrected chi connectivity index (χ3v) is 1.15. The van der Waals surface area contributed by atoms with Gasteiger partial charge < -0.3 is 0 Å². The lowest BCUT2D eigenvalue weighted by Crippen LogP contribution is -1.60. The summed E-state index contributed by atoms with van der Waals surface area (Å²) in [6.45, 7) is 4.31. The lowest BCUT2D eigenvalue weighted by atomic mass is 10.3. The fourth-order valence-electron chi connectivity index (χ4n) is 0.343. The third-order valence-electron chi connectivity index (χ3n) is 0.714. The van der Waals surface area contributed by atoms with E-state index < -0.39 is 0 Å². The van der Waals surface area contributed by atoms with Gasteiger partial charge in [-0.3, -0.25) is 0 Å². The van der Waals surface area contributed by atoms with Crippen molar-refractivity contribution in [2.24, 2.45) is 0 Å². The van der Waals surface area contributed by atoms with Gasteiger partial charge in [-0.2, -0.15) is 0 Å². The van der Waals surface area contributed by atoms with Crippen LogP contribution in [0.4, 0.5) is 0 Å². The Hall–Kier alpha value is 0.470. The summed E-state index contributed by atoms with van der Waals surface area (Å²) in [6, 6.07) is 0. The van der Waals surface area contributed by atoms with Crippen molar-refractivity contribution in [1.29, 1.82) is 0 Å². The molecule has 0 saturated heterocycles. The number of halogens is 1. The highest BCUT2D eigenvalue weighted by atomic mass is 127. The third kappa shape index (κ3) is 6.47. The number of unbranched alkanes of at least 4 members (excludes halogenated alkanes) is 1. The molecule has 1 heteroatoms. The van der Waals surface area contributed by atoms with Gasteiger partial charge in [0, 0.05) is 0 Å². The van der Waals surface area contributed by atoms with Gasteiger partial charge in [0.15, 0.2) is 0 Å². The maximum Gasteiger partial charge on any atom is -0.0165 e. The monoisotopic (exact) mass is 210 g/mol. The highest BCUT2D eigenvalue weighted by Crippen LogP contribution is 2.04. The number of hydrogen-bond acceptors (Lipinski definition) is 0. The fourth-order valence-corrected chi connectivity index (χ4v) is 0.655. The summed E-state index contributed by atoms with van der Waals surface area (Å²) in [6.07, 6.45) is 4.75. The van der Waals surface area contributed by atoms with E-state index in [-0.39, 0.29) is 0 Å². The van der Waals surface area contributed by atoms with Gasteiger partial charge in [-0.25, -0.2) is 0 Å². The van der Waals surface area contributed by atoms with Crippen LogP contribution in [0.2, 0.25) is 0 Å². The van der Waals surface area contributed by atoms with Crippen molar-refractivity contribution in [3.8, 4) is 0 Å². The van der Waals surface area contributed by atoms with Gasteiger partial charge in [0.05, 0.1) is 0 Å². The predicted octanol–water partition coefficient (Wildman–Crippen LogP) is 3.13. The van der Waals surface area contributed by atoms with Gasteiger partial charge in [-0.15, -0.1) is 0 Å². The Kier molecular flexibility index (Phi) is 4.94. The molecule has 0 aliphatic heterocycles. The molecule has 0 N–H and O–H groups in total. The minimum absolute atomic E-state index is 1.23. The van der Waals surface area contributed by atoms with E-state index in [1.807, 2.05) is 0 Å². The van der Waals surface area contributed by atoms with Crippen molar-refractivity contribution in [2.45, 2.75) is 26.7 Å². The van der Waals surface area contributed by atoms with Crippen LogP contribution in [0.25, 0.3) is 0 Å². The Bertz CT molecular complexity index is 60.6. The van der Waals surface area contributed by atoms with Crippen molar-refractivity contribution in [1.82, 2.24) is 0 Å². The summed E-state index contributed by atoms with van der Waals surface area (Å²) < 4.78 is 1.40. The second-order valence-electron chi connectivity index (χ2n) is 1.58. The molecule has 0 aromatic heterocycles. The minimum atomic E-state index is 1.23. The highest BCUT2D eigenvalue weighted by molar-refractivity contribution is 14.1. The molecule has 0 aromatic carbocycles. The molecule has 0 aliphatic rings. The number of allylic oxidation sites excluding steroid dienone is 2. The average Bonchev–Trinajstić information content (AvgIpc) is 1.61. The second-order valence-corrected chi connectivity index (χ2v) is 3.28. The summed E-state index contributed by atoms with van der Waals surface area (Å²) in [7, 11) is 0. The summed E-state index contributed by atoms with van der Waals surface area (Å²) >= 11 is 2.33. The molecule has 0 unspecified atom stereocenters. The molecular weight excluding hydrogens is 199 g/mol. The van der Waals surface area contributed by atoms with E-state index in [9.17, 15) is 0 Å². The van der Waals surface area contributed by atoms with E-state index in [4.69, 9.17) is 0 Å². The Morgan fingerprint density at radius 3 is 2.43 bits per heavy atom. The van der Waals surface area contributed by atoms with Crippen LogP contribution in [0, 0.1) is 0 Å². The Morgan fingerprint density at radius 1 is 1.71 bits per heavy atom. The molecule has 0 saturated carbocycles. The zero-order valence-corrected chi connectivity index (χ0v) is 7.03. The highest BCUT2D eigenvalue weighted by Gasteiger charge is 1.74. The molecule has 0 atom stereocenters. The van der Waals surface area contributed by atoms with Gasteiger partial charge in [0.1, 0.15) is 0 Å². The lowest BCUT2D eigenvalue weighted by molar-refractivity contribution is 0.956. The smallest absolute Gasteiger partial charge is 0.0165 e. The lowest BCUT2D eigenvalue weighted by Gasteiger charge is -1.83. The molecule has 0 radical (unpaired) electrons. The van der Waals surface area contributed by atoms with Crippen molar-refractivity contribution in [3.63, 3.8) is 0 Å². The Balaban J connectivity index is 3.08. The zero-order valence-electron chi connectivity index (χ0n) is 4.87. The van der Waals surface area contributed by atoms with Gasteiger partial charge in [0.2, 0.25) is 0 Å². The van der Waals surface area contributed by atoms with Gasteiger partial charge >= 0.3 is 0 Å². The maximum absolute atomic E-state index is 2.33. The molecule has 0 nitrogen and oxygen atoms in total. The first kappa shape index (κ1) is 7.47. The summed E-state index contributed by atoms with van der Waals surface area (Å²) in [5, 5.41) is 0. The fraction of sp³-hybridized carbons (Fsp3) is 0.667. The molecular formula is C6H11I. The maximum atomic E-state index is 2.33. The second kappa shape index (κ2) is 4.62. The van der Waals surface area contributed by atoms with Gasteiger partial charge in [-0.05, 0) is 39.5 Å². The van der Waals surface area contributed by atoms with Crippen molar-refractivity contribution in [2.75, 3.05) is 0 Å². The minimum Gasteiger partial charge on any atom is -0.0755 e. The van der Waals surface area contributed by atoms with Crippen LogP contribution in [0.3, 0.4) is 0 Å². The van der Waals surface area contributed by atoms with Crippen molar-refractivity contribution in [3.05, 3.63) is 9.66 Å². The largest absolute Gasteiger partial charge is 0.0755 e. The van der Waals surface area contributed by atoms with Gasteiger partial charge in [-0.1, -0.05) is 19.4 Å². The first-order valence-corrected chi connectivity index (χ1v) is 3.67. The molecule has 0 heterocycles. The first-order chi connectivity index (χ1) is 3.27. The molecule has 42 valence electrons. The predicted molar refractivity (Wildman–Crippen MR) is 42.7 cm³/mol. The zero-order chi connectivity index (χ0) is 5.70. The van der Waals surface area contributed by atoms with Crippen molar-refractivity contribution >= 4 is 22.6 Å². The van der Waals surface area contributed by atoms with Crippen LogP contribution < -0.4 is 0 Å². The summed E-state index contributed by atoms with van der Waals surface area (Å²) in [4.78, 5) is 0. The molecule has 0 aromatic rings. The van der Waals surface area contributed by atoms with Crippen molar-refractivity contribution < 1.29 is 0 Å². The van der Waals surface area contributed by atoms with E-state index in [1.54, 1.807) is 0 Å². The SMILES string of the molecule is CCC/C=C(/C)I.